The maximum Gasteiger partial charge on any atom is 0.0456 e. The Labute approximate surface area is 96.9 Å². The van der Waals surface area contributed by atoms with E-state index in [1.165, 1.54) is 35.7 Å². The minimum absolute atomic E-state index is 0.496. The molecule has 0 spiro atoms. The number of aromatic amines is 1. The predicted molar refractivity (Wildman–Crippen MR) is 69.6 cm³/mol. The van der Waals surface area contributed by atoms with Crippen molar-refractivity contribution in [2.45, 2.75) is 32.1 Å². The Kier molecular flexibility index (Phi) is 3.62. The Balaban J connectivity index is 2.30. The summed E-state index contributed by atoms with van der Waals surface area (Å²) in [6, 6.07) is 8.45. The minimum atomic E-state index is 0.496. The molecule has 0 aliphatic heterocycles. The zero-order chi connectivity index (χ0) is 11.4. The Morgan fingerprint density at radius 3 is 2.88 bits per heavy atom. The van der Waals surface area contributed by atoms with Crippen molar-refractivity contribution in [2.24, 2.45) is 5.73 Å². The van der Waals surface area contributed by atoms with Crippen LogP contribution in [0.1, 0.15) is 37.7 Å². The number of hydrogen-bond donors (Lipinski definition) is 2. The first-order chi connectivity index (χ1) is 7.86. The van der Waals surface area contributed by atoms with Gasteiger partial charge in [-0.2, -0.15) is 0 Å². The van der Waals surface area contributed by atoms with Crippen LogP contribution in [0.5, 0.6) is 0 Å². The van der Waals surface area contributed by atoms with Crippen molar-refractivity contribution < 1.29 is 0 Å². The van der Waals surface area contributed by atoms with E-state index in [1.54, 1.807) is 0 Å². The summed E-state index contributed by atoms with van der Waals surface area (Å²) in [6.07, 6.45) is 5.80. The fourth-order valence-corrected chi connectivity index (χ4v) is 2.28. The van der Waals surface area contributed by atoms with Crippen LogP contribution in [0.3, 0.4) is 0 Å². The summed E-state index contributed by atoms with van der Waals surface area (Å²) in [5, 5.41) is 1.33. The van der Waals surface area contributed by atoms with Crippen molar-refractivity contribution in [2.75, 3.05) is 6.54 Å². The molecule has 2 aromatic rings. The molecule has 0 saturated carbocycles. The van der Waals surface area contributed by atoms with E-state index in [4.69, 9.17) is 5.73 Å². The Morgan fingerprint density at radius 2 is 2.12 bits per heavy atom. The molecule has 2 heteroatoms. The van der Waals surface area contributed by atoms with Crippen LogP contribution in [0, 0.1) is 0 Å². The second-order valence-corrected chi connectivity index (χ2v) is 4.36. The van der Waals surface area contributed by atoms with E-state index in [1.807, 2.05) is 0 Å². The van der Waals surface area contributed by atoms with Gasteiger partial charge in [-0.05, 0) is 30.5 Å². The van der Waals surface area contributed by atoms with E-state index < -0.39 is 0 Å². The third-order valence-corrected chi connectivity index (χ3v) is 3.25. The van der Waals surface area contributed by atoms with Crippen molar-refractivity contribution in [3.63, 3.8) is 0 Å². The highest BCUT2D eigenvalue weighted by atomic mass is 14.7. The second kappa shape index (κ2) is 5.17. The molecule has 0 bridgehead atoms. The topological polar surface area (TPSA) is 41.8 Å². The summed E-state index contributed by atoms with van der Waals surface area (Å²) < 4.78 is 0. The molecule has 1 atom stereocenters. The number of para-hydroxylation sites is 1. The quantitative estimate of drug-likeness (QED) is 0.790. The van der Waals surface area contributed by atoms with Crippen LogP contribution in [0.25, 0.3) is 10.9 Å². The lowest BCUT2D eigenvalue weighted by atomic mass is 9.93. The van der Waals surface area contributed by atoms with Gasteiger partial charge in [0, 0.05) is 17.1 Å². The fourth-order valence-electron chi connectivity index (χ4n) is 2.28. The first-order valence-electron chi connectivity index (χ1n) is 6.13. The van der Waals surface area contributed by atoms with Gasteiger partial charge in [-0.15, -0.1) is 0 Å². The number of rotatable bonds is 5. The summed E-state index contributed by atoms with van der Waals surface area (Å²) in [5.41, 5.74) is 8.48. The van der Waals surface area contributed by atoms with Crippen LogP contribution in [0.15, 0.2) is 30.5 Å². The van der Waals surface area contributed by atoms with Gasteiger partial charge in [-0.25, -0.2) is 0 Å². The maximum atomic E-state index is 5.88. The van der Waals surface area contributed by atoms with Crippen molar-refractivity contribution in [1.29, 1.82) is 0 Å². The molecule has 2 nitrogen and oxygen atoms in total. The van der Waals surface area contributed by atoms with Crippen LogP contribution in [-0.2, 0) is 0 Å². The highest BCUT2D eigenvalue weighted by molar-refractivity contribution is 5.83. The summed E-state index contributed by atoms with van der Waals surface area (Å²) in [5.74, 6) is 0.496. The monoisotopic (exact) mass is 216 g/mol. The van der Waals surface area contributed by atoms with Gasteiger partial charge in [0.15, 0.2) is 0 Å². The number of hydrogen-bond acceptors (Lipinski definition) is 1. The average Bonchev–Trinajstić information content (AvgIpc) is 2.75. The molecule has 1 aromatic heterocycles. The van der Waals surface area contributed by atoms with Crippen LogP contribution in [0.2, 0.25) is 0 Å². The van der Waals surface area contributed by atoms with E-state index in [9.17, 15) is 0 Å². The van der Waals surface area contributed by atoms with E-state index >= 15 is 0 Å². The minimum Gasteiger partial charge on any atom is -0.361 e. The van der Waals surface area contributed by atoms with Crippen LogP contribution >= 0.6 is 0 Å². The molecular formula is C14H20N2. The zero-order valence-corrected chi connectivity index (χ0v) is 9.87. The summed E-state index contributed by atoms with van der Waals surface area (Å²) in [7, 11) is 0. The summed E-state index contributed by atoms with van der Waals surface area (Å²) in [4.78, 5) is 3.32. The Hall–Kier alpha value is -1.28. The maximum absolute atomic E-state index is 5.88. The van der Waals surface area contributed by atoms with Crippen molar-refractivity contribution in [1.82, 2.24) is 4.98 Å². The molecule has 0 aliphatic rings. The number of aromatic nitrogens is 1. The molecule has 0 aliphatic carbocycles. The smallest absolute Gasteiger partial charge is 0.0456 e. The molecule has 1 unspecified atom stereocenters. The summed E-state index contributed by atoms with van der Waals surface area (Å²) >= 11 is 0. The first kappa shape index (κ1) is 11.2. The Bertz CT molecular complexity index is 445. The van der Waals surface area contributed by atoms with E-state index in [0.717, 1.165) is 6.54 Å². The normalized spacial score (nSPS) is 13.1. The molecule has 3 N–H and O–H groups in total. The van der Waals surface area contributed by atoms with Gasteiger partial charge < -0.3 is 10.7 Å². The third-order valence-electron chi connectivity index (χ3n) is 3.25. The molecule has 0 radical (unpaired) electrons. The number of H-pyrrole nitrogens is 1. The van der Waals surface area contributed by atoms with Gasteiger partial charge in [-0.1, -0.05) is 38.0 Å². The number of nitrogens with two attached hydrogens (primary N) is 1. The van der Waals surface area contributed by atoms with Crippen molar-refractivity contribution in [3.8, 4) is 0 Å². The summed E-state index contributed by atoms with van der Waals surface area (Å²) in [6.45, 7) is 2.96. The molecule has 0 amide bonds. The molecule has 16 heavy (non-hydrogen) atoms. The SMILES string of the molecule is CCCCC(CN)c1c[nH]c2ccccc12. The Morgan fingerprint density at radius 1 is 1.31 bits per heavy atom. The standard InChI is InChI=1S/C14H20N2/c1-2-3-6-11(9-15)13-10-16-14-8-5-4-7-12(13)14/h4-5,7-8,10-11,16H,2-3,6,9,15H2,1H3. The van der Waals surface area contributed by atoms with Crippen molar-refractivity contribution in [3.05, 3.63) is 36.0 Å². The zero-order valence-electron chi connectivity index (χ0n) is 9.87. The molecule has 1 heterocycles. The number of unbranched alkanes of at least 4 members (excludes halogenated alkanes) is 1. The number of benzene rings is 1. The van der Waals surface area contributed by atoms with Crippen LogP contribution in [0.4, 0.5) is 0 Å². The fraction of sp³-hybridized carbons (Fsp3) is 0.429. The lowest BCUT2D eigenvalue weighted by Crippen LogP contribution is -2.12. The molecular weight excluding hydrogens is 196 g/mol. The molecule has 2 rings (SSSR count). The molecule has 0 saturated heterocycles. The van der Waals surface area contributed by atoms with Gasteiger partial charge in [0.05, 0.1) is 0 Å². The lowest BCUT2D eigenvalue weighted by Gasteiger charge is -2.13. The van der Waals surface area contributed by atoms with E-state index in [-0.39, 0.29) is 0 Å². The third kappa shape index (κ3) is 2.12. The molecule has 0 fully saturated rings. The van der Waals surface area contributed by atoms with Gasteiger partial charge >= 0.3 is 0 Å². The van der Waals surface area contributed by atoms with Crippen LogP contribution in [-0.4, -0.2) is 11.5 Å². The van der Waals surface area contributed by atoms with E-state index in [0.29, 0.717) is 5.92 Å². The average molecular weight is 216 g/mol. The van der Waals surface area contributed by atoms with E-state index in [2.05, 4.69) is 42.4 Å². The number of fused-ring (bicyclic) bond motifs is 1. The number of nitrogens with one attached hydrogen (secondary N) is 1. The van der Waals surface area contributed by atoms with Gasteiger partial charge in [-0.3, -0.25) is 0 Å². The molecule has 86 valence electrons. The van der Waals surface area contributed by atoms with Crippen molar-refractivity contribution >= 4 is 10.9 Å². The highest BCUT2D eigenvalue weighted by Gasteiger charge is 2.13. The lowest BCUT2D eigenvalue weighted by molar-refractivity contribution is 0.595. The van der Waals surface area contributed by atoms with Crippen LogP contribution < -0.4 is 5.73 Å². The van der Waals surface area contributed by atoms with Gasteiger partial charge in [0.1, 0.15) is 0 Å². The molecule has 1 aromatic carbocycles. The predicted octanol–water partition coefficient (Wildman–Crippen LogP) is 3.40. The second-order valence-electron chi connectivity index (χ2n) is 4.36. The largest absolute Gasteiger partial charge is 0.361 e. The highest BCUT2D eigenvalue weighted by Crippen LogP contribution is 2.28. The van der Waals surface area contributed by atoms with Gasteiger partial charge in [0.2, 0.25) is 0 Å². The first-order valence-corrected chi connectivity index (χ1v) is 6.13. The van der Waals surface area contributed by atoms with Gasteiger partial charge in [0.25, 0.3) is 0 Å².